The summed E-state index contributed by atoms with van der Waals surface area (Å²) in [6.07, 6.45) is 5.30. The molecule has 0 saturated carbocycles. The number of hydrogen-bond donors (Lipinski definition) is 0. The van der Waals surface area contributed by atoms with Crippen molar-refractivity contribution in [2.24, 2.45) is 11.8 Å². The fourth-order valence-electron chi connectivity index (χ4n) is 2.75. The van der Waals surface area contributed by atoms with Gasteiger partial charge in [-0.15, -0.1) is 0 Å². The fourth-order valence-corrected chi connectivity index (χ4v) is 2.75. The maximum Gasteiger partial charge on any atom is 0.309 e. The number of rotatable bonds is 23. The summed E-state index contributed by atoms with van der Waals surface area (Å²) in [5, 5.41) is 0. The van der Waals surface area contributed by atoms with Crippen molar-refractivity contribution in [3.63, 3.8) is 0 Å². The maximum atomic E-state index is 12.3. The summed E-state index contributed by atoms with van der Waals surface area (Å²) in [6.45, 7) is 12.5. The van der Waals surface area contributed by atoms with Crippen LogP contribution in [-0.4, -0.2) is 78.0 Å². The molecule has 0 aliphatic heterocycles. The molecule has 0 radical (unpaired) electrons. The predicted molar refractivity (Wildman–Crippen MR) is 123 cm³/mol. The second kappa shape index (κ2) is 23.0. The van der Waals surface area contributed by atoms with Gasteiger partial charge in [0.2, 0.25) is 0 Å². The molecule has 0 heterocycles. The molecule has 2 atom stereocenters. The second-order valence-electron chi connectivity index (χ2n) is 7.73. The van der Waals surface area contributed by atoms with E-state index in [-0.39, 0.29) is 37.0 Å². The van der Waals surface area contributed by atoms with Gasteiger partial charge in [-0.25, -0.2) is 0 Å². The van der Waals surface area contributed by atoms with Gasteiger partial charge in [-0.2, -0.15) is 0 Å². The van der Waals surface area contributed by atoms with Crippen LogP contribution in [0.15, 0.2) is 0 Å². The fraction of sp³-hybridized carbons (Fsp3) is 0.917. The highest BCUT2D eigenvalue weighted by atomic mass is 16.6. The highest BCUT2D eigenvalue weighted by molar-refractivity contribution is 5.75. The first kappa shape index (κ1) is 30.8. The van der Waals surface area contributed by atoms with Crippen molar-refractivity contribution in [1.29, 1.82) is 0 Å². The van der Waals surface area contributed by atoms with Crippen LogP contribution in [0, 0.1) is 11.8 Å². The molecular formula is C24H46O8. The Kier molecular flexibility index (Phi) is 22.1. The molecule has 0 aromatic rings. The molecule has 8 nitrogen and oxygen atoms in total. The molecule has 0 saturated heterocycles. The van der Waals surface area contributed by atoms with E-state index in [1.165, 1.54) is 0 Å². The molecule has 0 amide bonds. The Hall–Kier alpha value is -1.22. The number of hydrogen-bond acceptors (Lipinski definition) is 8. The molecule has 0 N–H and O–H groups in total. The molecule has 0 aliphatic carbocycles. The first-order chi connectivity index (χ1) is 15.6. The van der Waals surface area contributed by atoms with Gasteiger partial charge in [-0.3, -0.25) is 9.59 Å². The van der Waals surface area contributed by atoms with Crippen LogP contribution in [0.5, 0.6) is 0 Å². The van der Waals surface area contributed by atoms with Gasteiger partial charge in [0.25, 0.3) is 0 Å². The van der Waals surface area contributed by atoms with Crippen molar-refractivity contribution in [2.75, 3.05) is 66.1 Å². The third-order valence-electron chi connectivity index (χ3n) is 4.84. The molecule has 0 aliphatic rings. The molecule has 0 aromatic heterocycles. The van der Waals surface area contributed by atoms with E-state index in [0.717, 1.165) is 38.9 Å². The van der Waals surface area contributed by atoms with E-state index in [0.29, 0.717) is 52.5 Å². The average molecular weight is 463 g/mol. The lowest BCUT2D eigenvalue weighted by atomic mass is 9.94. The summed E-state index contributed by atoms with van der Waals surface area (Å²) in [5.74, 6) is -1.36. The largest absolute Gasteiger partial charge is 0.463 e. The minimum absolute atomic E-state index is 0.193. The number of carbonyl (C=O) groups excluding carboxylic acids is 2. The van der Waals surface area contributed by atoms with Gasteiger partial charge >= 0.3 is 11.9 Å². The van der Waals surface area contributed by atoms with E-state index >= 15 is 0 Å². The van der Waals surface area contributed by atoms with Gasteiger partial charge in [0, 0.05) is 13.2 Å². The lowest BCUT2D eigenvalue weighted by molar-refractivity contribution is -0.154. The minimum Gasteiger partial charge on any atom is -0.463 e. The summed E-state index contributed by atoms with van der Waals surface area (Å²) in [7, 11) is 0. The van der Waals surface area contributed by atoms with Crippen molar-refractivity contribution in [3.05, 3.63) is 0 Å². The molecule has 0 spiro atoms. The normalized spacial score (nSPS) is 13.0. The van der Waals surface area contributed by atoms with Gasteiger partial charge in [0.1, 0.15) is 13.2 Å². The van der Waals surface area contributed by atoms with Crippen LogP contribution in [0.3, 0.4) is 0 Å². The highest BCUT2D eigenvalue weighted by Gasteiger charge is 2.25. The third kappa shape index (κ3) is 18.4. The topological polar surface area (TPSA) is 89.5 Å². The zero-order chi connectivity index (χ0) is 23.9. The van der Waals surface area contributed by atoms with Gasteiger partial charge in [-0.1, -0.05) is 40.5 Å². The van der Waals surface area contributed by atoms with Crippen molar-refractivity contribution in [1.82, 2.24) is 0 Å². The van der Waals surface area contributed by atoms with Crippen molar-refractivity contribution >= 4 is 11.9 Å². The SMILES string of the molecule is CCCCOCCOCCOC(=O)C(C)CC(CC)C(=O)OCCOCCOCCCC. The molecule has 190 valence electrons. The van der Waals surface area contributed by atoms with Gasteiger partial charge in [-0.05, 0) is 25.7 Å². The Morgan fingerprint density at radius 1 is 0.594 bits per heavy atom. The van der Waals surface area contributed by atoms with Crippen LogP contribution >= 0.6 is 0 Å². The Bertz CT molecular complexity index is 444. The van der Waals surface area contributed by atoms with Gasteiger partial charge < -0.3 is 28.4 Å². The number of ether oxygens (including phenoxy) is 6. The number of unbranched alkanes of at least 4 members (excludes halogenated alkanes) is 2. The van der Waals surface area contributed by atoms with Crippen molar-refractivity contribution < 1.29 is 38.0 Å². The minimum atomic E-state index is -0.388. The van der Waals surface area contributed by atoms with Gasteiger partial charge in [0.15, 0.2) is 0 Å². The van der Waals surface area contributed by atoms with Crippen molar-refractivity contribution in [2.45, 2.75) is 66.2 Å². The third-order valence-corrected chi connectivity index (χ3v) is 4.84. The zero-order valence-corrected chi connectivity index (χ0v) is 20.7. The van der Waals surface area contributed by atoms with E-state index in [1.54, 1.807) is 6.92 Å². The van der Waals surface area contributed by atoms with Crippen LogP contribution in [0.2, 0.25) is 0 Å². The highest BCUT2D eigenvalue weighted by Crippen LogP contribution is 2.18. The summed E-state index contributed by atoms with van der Waals surface area (Å²) in [5.41, 5.74) is 0. The van der Waals surface area contributed by atoms with E-state index < -0.39 is 0 Å². The van der Waals surface area contributed by atoms with E-state index in [4.69, 9.17) is 28.4 Å². The molecule has 2 unspecified atom stereocenters. The molecule has 0 aromatic carbocycles. The molecular weight excluding hydrogens is 416 g/mol. The first-order valence-electron chi connectivity index (χ1n) is 12.2. The lowest BCUT2D eigenvalue weighted by Gasteiger charge is -2.18. The van der Waals surface area contributed by atoms with Crippen LogP contribution < -0.4 is 0 Å². The summed E-state index contributed by atoms with van der Waals surface area (Å²) < 4.78 is 32.1. The van der Waals surface area contributed by atoms with Gasteiger partial charge in [0.05, 0.1) is 51.5 Å². The second-order valence-corrected chi connectivity index (χ2v) is 7.73. The van der Waals surface area contributed by atoms with Crippen LogP contribution in [0.1, 0.15) is 66.2 Å². The predicted octanol–water partition coefficient (Wildman–Crippen LogP) is 3.79. The number of esters is 2. The van der Waals surface area contributed by atoms with Crippen LogP contribution in [0.25, 0.3) is 0 Å². The Balaban J connectivity index is 3.82. The molecule has 0 rings (SSSR count). The molecule has 8 heteroatoms. The Morgan fingerprint density at radius 2 is 1.00 bits per heavy atom. The van der Waals surface area contributed by atoms with Crippen molar-refractivity contribution in [3.8, 4) is 0 Å². The standard InChI is InChI=1S/C24H46O8/c1-5-8-10-27-12-14-29-16-18-31-23(25)21(4)20-22(7-3)24(26)32-19-17-30-15-13-28-11-9-6-2/h21-22H,5-20H2,1-4H3. The zero-order valence-electron chi connectivity index (χ0n) is 20.7. The molecule has 0 bridgehead atoms. The maximum absolute atomic E-state index is 12.3. The Labute approximate surface area is 194 Å². The monoisotopic (exact) mass is 462 g/mol. The van der Waals surface area contributed by atoms with E-state index in [9.17, 15) is 9.59 Å². The van der Waals surface area contributed by atoms with E-state index in [2.05, 4.69) is 13.8 Å². The smallest absolute Gasteiger partial charge is 0.309 e. The molecule has 32 heavy (non-hydrogen) atoms. The Morgan fingerprint density at radius 3 is 1.44 bits per heavy atom. The molecule has 0 fully saturated rings. The summed E-state index contributed by atoms with van der Waals surface area (Å²) in [6, 6.07) is 0. The van der Waals surface area contributed by atoms with E-state index in [1.807, 2.05) is 6.92 Å². The first-order valence-corrected chi connectivity index (χ1v) is 12.2. The quantitative estimate of drug-likeness (QED) is 0.167. The average Bonchev–Trinajstić information content (AvgIpc) is 2.79. The van der Waals surface area contributed by atoms with Crippen LogP contribution in [0.4, 0.5) is 0 Å². The summed E-state index contributed by atoms with van der Waals surface area (Å²) in [4.78, 5) is 24.4. The number of carbonyl (C=O) groups is 2. The summed E-state index contributed by atoms with van der Waals surface area (Å²) >= 11 is 0. The lowest BCUT2D eigenvalue weighted by Crippen LogP contribution is -2.26. The van der Waals surface area contributed by atoms with Crippen LogP contribution in [-0.2, 0) is 38.0 Å².